The predicted molar refractivity (Wildman–Crippen MR) is 198 cm³/mol. The summed E-state index contributed by atoms with van der Waals surface area (Å²) >= 11 is 3.79. The smallest absolute Gasteiger partial charge is 0.0715 e. The van der Waals surface area contributed by atoms with Crippen LogP contribution in [-0.4, -0.2) is 4.98 Å². The van der Waals surface area contributed by atoms with E-state index in [2.05, 4.69) is 166 Å². The van der Waals surface area contributed by atoms with Gasteiger partial charge in [0.25, 0.3) is 0 Å². The van der Waals surface area contributed by atoms with Crippen LogP contribution in [0.3, 0.4) is 0 Å². The van der Waals surface area contributed by atoms with Gasteiger partial charge in [-0.3, -0.25) is 0 Å². The lowest BCUT2D eigenvalue weighted by Gasteiger charge is -2.24. The molecular weight excluding hydrogens is 607 g/mol. The summed E-state index contributed by atoms with van der Waals surface area (Å²) in [6.07, 6.45) is 0. The molecular formula is C44H31NS2. The monoisotopic (exact) mass is 637 g/mol. The van der Waals surface area contributed by atoms with Crippen LogP contribution in [0, 0.1) is 0 Å². The van der Waals surface area contributed by atoms with E-state index in [4.69, 9.17) is 4.98 Å². The molecule has 9 rings (SSSR count). The highest BCUT2D eigenvalue weighted by atomic mass is 32.2. The first kappa shape index (κ1) is 28.4. The van der Waals surface area contributed by atoms with E-state index >= 15 is 0 Å². The molecule has 0 spiro atoms. The number of hydrogen-bond acceptors (Lipinski definition) is 3. The molecule has 1 aromatic heterocycles. The fourth-order valence-corrected chi connectivity index (χ4v) is 9.30. The van der Waals surface area contributed by atoms with E-state index < -0.39 is 0 Å². The molecule has 2 heterocycles. The van der Waals surface area contributed by atoms with Gasteiger partial charge < -0.3 is 0 Å². The maximum Gasteiger partial charge on any atom is 0.0715 e. The summed E-state index contributed by atoms with van der Waals surface area (Å²) in [6.45, 7) is 4.76. The van der Waals surface area contributed by atoms with Crippen molar-refractivity contribution in [1.29, 1.82) is 0 Å². The van der Waals surface area contributed by atoms with E-state index in [9.17, 15) is 0 Å². The molecule has 0 unspecified atom stereocenters. The lowest BCUT2D eigenvalue weighted by Crippen LogP contribution is -2.15. The minimum atomic E-state index is -0.0916. The fourth-order valence-electron chi connectivity index (χ4n) is 7.03. The Bertz CT molecular complexity index is 2270. The summed E-state index contributed by atoms with van der Waals surface area (Å²) in [7, 11) is 0. The van der Waals surface area contributed by atoms with Gasteiger partial charge in [-0.2, -0.15) is 0 Å². The average molecular weight is 638 g/mol. The van der Waals surface area contributed by atoms with Gasteiger partial charge in [-0.1, -0.05) is 140 Å². The summed E-state index contributed by atoms with van der Waals surface area (Å²) in [6, 6.07) is 55.0. The molecule has 1 aliphatic heterocycles. The molecule has 1 aliphatic carbocycles. The highest BCUT2D eigenvalue weighted by molar-refractivity contribution is 8.05. The summed E-state index contributed by atoms with van der Waals surface area (Å²) in [4.78, 5) is 10.6. The van der Waals surface area contributed by atoms with Gasteiger partial charge in [-0.15, -0.1) is 0 Å². The zero-order valence-corrected chi connectivity index (χ0v) is 27.8. The second-order valence-corrected chi connectivity index (χ2v) is 15.0. The number of fused-ring (bicyclic) bond motifs is 5. The average Bonchev–Trinajstić information content (AvgIpc) is 3.35. The van der Waals surface area contributed by atoms with Crippen LogP contribution in [0.4, 0.5) is 0 Å². The summed E-state index contributed by atoms with van der Waals surface area (Å²) in [5.41, 5.74) is 14.4. The lowest BCUT2D eigenvalue weighted by molar-refractivity contribution is 0.658. The normalized spacial score (nSPS) is 13.7. The molecule has 0 saturated carbocycles. The van der Waals surface area contributed by atoms with Crippen molar-refractivity contribution in [3.63, 3.8) is 0 Å². The van der Waals surface area contributed by atoms with Crippen molar-refractivity contribution in [3.05, 3.63) is 163 Å². The third kappa shape index (κ3) is 4.93. The maximum absolute atomic E-state index is 5.19. The Morgan fingerprint density at radius 3 is 1.66 bits per heavy atom. The van der Waals surface area contributed by atoms with Crippen LogP contribution in [0.2, 0.25) is 0 Å². The summed E-state index contributed by atoms with van der Waals surface area (Å²) in [5, 5.41) is 0. The number of nitrogens with zero attached hydrogens (tertiary/aromatic N) is 1. The number of aromatic nitrogens is 1. The first-order valence-corrected chi connectivity index (χ1v) is 17.7. The summed E-state index contributed by atoms with van der Waals surface area (Å²) in [5.74, 6) is 0. The Morgan fingerprint density at radius 2 is 0.936 bits per heavy atom. The second-order valence-electron chi connectivity index (χ2n) is 12.8. The number of benzene rings is 6. The van der Waals surface area contributed by atoms with Crippen LogP contribution >= 0.6 is 23.5 Å². The Kier molecular flexibility index (Phi) is 6.74. The van der Waals surface area contributed by atoms with Crippen LogP contribution in [0.25, 0.3) is 55.9 Å². The zero-order valence-electron chi connectivity index (χ0n) is 26.2. The minimum absolute atomic E-state index is 0.0916. The van der Waals surface area contributed by atoms with Gasteiger partial charge in [-0.05, 0) is 93.0 Å². The third-order valence-electron chi connectivity index (χ3n) is 9.52. The molecule has 2 aliphatic rings. The van der Waals surface area contributed by atoms with Gasteiger partial charge in [0, 0.05) is 36.1 Å². The van der Waals surface area contributed by atoms with E-state index in [0.717, 1.165) is 22.5 Å². The van der Waals surface area contributed by atoms with Crippen molar-refractivity contribution in [1.82, 2.24) is 4.98 Å². The predicted octanol–water partition coefficient (Wildman–Crippen LogP) is 12.7. The third-order valence-corrected chi connectivity index (χ3v) is 12.0. The number of rotatable bonds is 4. The first-order chi connectivity index (χ1) is 23.0. The summed E-state index contributed by atoms with van der Waals surface area (Å²) < 4.78 is 0. The van der Waals surface area contributed by atoms with Gasteiger partial charge in [0.05, 0.1) is 11.4 Å². The van der Waals surface area contributed by atoms with Crippen molar-refractivity contribution in [2.75, 3.05) is 0 Å². The quantitative estimate of drug-likeness (QED) is 0.191. The zero-order chi connectivity index (χ0) is 31.5. The molecule has 7 aromatic rings. The number of pyridine rings is 1. The topological polar surface area (TPSA) is 12.9 Å². The standard InChI is InChI=1S/C44H31NS2/c1-44(2)36-23-31(20-21-34(36)35-26-42-43(27-37(35)44)47-41-19-10-9-18-40(41)46-42)30-16-11-17-32(22-30)39-25-33(28-12-5-3-6-13-28)24-38(45-39)29-14-7-4-8-15-29/h3-27H,1-2H3. The van der Waals surface area contributed by atoms with Crippen LogP contribution < -0.4 is 0 Å². The van der Waals surface area contributed by atoms with E-state index in [1.54, 1.807) is 0 Å². The van der Waals surface area contributed by atoms with Crippen molar-refractivity contribution in [2.24, 2.45) is 0 Å². The molecule has 0 amide bonds. The Hall–Kier alpha value is -4.83. The van der Waals surface area contributed by atoms with Crippen LogP contribution in [0.15, 0.2) is 171 Å². The Morgan fingerprint density at radius 1 is 0.383 bits per heavy atom. The van der Waals surface area contributed by atoms with Crippen LogP contribution in [0.1, 0.15) is 25.0 Å². The Balaban J connectivity index is 1.11. The lowest BCUT2D eigenvalue weighted by atomic mass is 9.81. The molecule has 0 N–H and O–H groups in total. The number of hydrogen-bond donors (Lipinski definition) is 0. The van der Waals surface area contributed by atoms with Gasteiger partial charge >= 0.3 is 0 Å². The molecule has 0 bridgehead atoms. The van der Waals surface area contributed by atoms with Crippen molar-refractivity contribution in [3.8, 4) is 55.9 Å². The SMILES string of the molecule is CC1(C)c2cc(-c3cccc(-c4cc(-c5ccccc5)cc(-c5ccccc5)n4)c3)ccc2-c2cc3c(cc21)Sc1ccccc1S3. The first-order valence-electron chi connectivity index (χ1n) is 16.0. The van der Waals surface area contributed by atoms with Gasteiger partial charge in [0.1, 0.15) is 0 Å². The highest BCUT2D eigenvalue weighted by Gasteiger charge is 2.37. The molecule has 47 heavy (non-hydrogen) atoms. The largest absolute Gasteiger partial charge is 0.248 e. The van der Waals surface area contributed by atoms with Crippen molar-refractivity contribution in [2.45, 2.75) is 38.8 Å². The molecule has 224 valence electrons. The molecule has 3 heteroatoms. The minimum Gasteiger partial charge on any atom is -0.248 e. The van der Waals surface area contributed by atoms with E-state index in [0.29, 0.717) is 0 Å². The van der Waals surface area contributed by atoms with E-state index in [1.807, 2.05) is 23.5 Å². The highest BCUT2D eigenvalue weighted by Crippen LogP contribution is 2.56. The second kappa shape index (κ2) is 11.2. The van der Waals surface area contributed by atoms with E-state index in [1.165, 1.54) is 64.1 Å². The van der Waals surface area contributed by atoms with E-state index in [-0.39, 0.29) is 5.41 Å². The van der Waals surface area contributed by atoms with Crippen molar-refractivity contribution < 1.29 is 0 Å². The van der Waals surface area contributed by atoms with Crippen molar-refractivity contribution >= 4 is 23.5 Å². The van der Waals surface area contributed by atoms with Gasteiger partial charge in [0.15, 0.2) is 0 Å². The molecule has 1 nitrogen and oxygen atoms in total. The van der Waals surface area contributed by atoms with Crippen LogP contribution in [-0.2, 0) is 5.41 Å². The van der Waals surface area contributed by atoms with Crippen LogP contribution in [0.5, 0.6) is 0 Å². The van der Waals surface area contributed by atoms with Gasteiger partial charge in [0.2, 0.25) is 0 Å². The Labute approximate surface area is 284 Å². The molecule has 6 aromatic carbocycles. The fraction of sp³-hybridized carbons (Fsp3) is 0.0682. The van der Waals surface area contributed by atoms with Gasteiger partial charge in [-0.25, -0.2) is 4.98 Å². The maximum atomic E-state index is 5.19. The molecule has 0 saturated heterocycles. The molecule has 0 radical (unpaired) electrons. The molecule has 0 atom stereocenters. The molecule has 0 fully saturated rings.